The molecular weight excluding hydrogens is 198 g/mol. The van der Waals surface area contributed by atoms with E-state index in [1.807, 2.05) is 0 Å². The Morgan fingerprint density at radius 1 is 1.12 bits per heavy atom. The van der Waals surface area contributed by atoms with Crippen LogP contribution in [0.4, 0.5) is 0 Å². The molecule has 0 spiro atoms. The third-order valence-electron chi connectivity index (χ3n) is 3.58. The van der Waals surface area contributed by atoms with Crippen molar-refractivity contribution >= 4 is 0 Å². The van der Waals surface area contributed by atoms with Gasteiger partial charge in [-0.05, 0) is 25.3 Å². The maximum absolute atomic E-state index is 6.08. The van der Waals surface area contributed by atoms with E-state index >= 15 is 0 Å². The Balaban J connectivity index is 2.24. The number of ether oxygens (including phenoxy) is 1. The minimum absolute atomic E-state index is 0.522. The molecule has 0 aromatic carbocycles. The molecule has 16 heavy (non-hydrogen) atoms. The van der Waals surface area contributed by atoms with E-state index in [-0.39, 0.29) is 0 Å². The van der Waals surface area contributed by atoms with Gasteiger partial charge >= 0.3 is 0 Å². The van der Waals surface area contributed by atoms with Gasteiger partial charge in [-0.3, -0.25) is 0 Å². The minimum Gasteiger partial charge on any atom is -0.377 e. The van der Waals surface area contributed by atoms with Gasteiger partial charge in [0.2, 0.25) is 0 Å². The number of nitrogens with one attached hydrogen (secondary N) is 1. The van der Waals surface area contributed by atoms with Crippen LogP contribution in [0.1, 0.15) is 59.3 Å². The van der Waals surface area contributed by atoms with Gasteiger partial charge in [0.05, 0.1) is 12.7 Å². The molecule has 2 nitrogen and oxygen atoms in total. The van der Waals surface area contributed by atoms with Gasteiger partial charge in [0.15, 0.2) is 0 Å². The van der Waals surface area contributed by atoms with Gasteiger partial charge in [0, 0.05) is 6.04 Å². The molecule has 0 heterocycles. The summed E-state index contributed by atoms with van der Waals surface area (Å²) in [6, 6.07) is 0.522. The van der Waals surface area contributed by atoms with Crippen molar-refractivity contribution in [2.75, 3.05) is 13.2 Å². The van der Waals surface area contributed by atoms with Crippen molar-refractivity contribution in [1.29, 1.82) is 0 Å². The van der Waals surface area contributed by atoms with Crippen LogP contribution in [-0.4, -0.2) is 25.3 Å². The largest absolute Gasteiger partial charge is 0.377 e. The lowest BCUT2D eigenvalue weighted by Gasteiger charge is -2.24. The SMILES string of the molecule is CCNC(COC1CCCCCC1)C(C)C. The number of rotatable bonds is 6. The van der Waals surface area contributed by atoms with Gasteiger partial charge in [-0.1, -0.05) is 46.5 Å². The second-order valence-electron chi connectivity index (χ2n) is 5.36. The third kappa shape index (κ3) is 5.31. The quantitative estimate of drug-likeness (QED) is 0.703. The first-order valence-electron chi connectivity index (χ1n) is 7.09. The van der Waals surface area contributed by atoms with Crippen LogP contribution in [0, 0.1) is 5.92 Å². The van der Waals surface area contributed by atoms with E-state index < -0.39 is 0 Å². The lowest BCUT2D eigenvalue weighted by molar-refractivity contribution is 0.0220. The van der Waals surface area contributed by atoms with Crippen molar-refractivity contribution in [3.63, 3.8) is 0 Å². The van der Waals surface area contributed by atoms with Crippen LogP contribution in [0.5, 0.6) is 0 Å². The molecule has 1 N–H and O–H groups in total. The smallest absolute Gasteiger partial charge is 0.0625 e. The molecule has 1 saturated carbocycles. The van der Waals surface area contributed by atoms with E-state index in [4.69, 9.17) is 4.74 Å². The van der Waals surface area contributed by atoms with Gasteiger partial charge in [0.1, 0.15) is 0 Å². The molecule has 0 aliphatic heterocycles. The summed E-state index contributed by atoms with van der Waals surface area (Å²) < 4.78 is 6.08. The van der Waals surface area contributed by atoms with Crippen LogP contribution < -0.4 is 5.32 Å². The average molecular weight is 227 g/mol. The summed E-state index contributed by atoms with van der Waals surface area (Å²) in [6.07, 6.45) is 8.61. The summed E-state index contributed by atoms with van der Waals surface area (Å²) in [7, 11) is 0. The van der Waals surface area contributed by atoms with Crippen LogP contribution >= 0.6 is 0 Å². The lowest BCUT2D eigenvalue weighted by atomic mass is 10.1. The maximum atomic E-state index is 6.08. The zero-order valence-electron chi connectivity index (χ0n) is 11.3. The van der Waals surface area contributed by atoms with E-state index in [9.17, 15) is 0 Å². The van der Waals surface area contributed by atoms with E-state index in [2.05, 4.69) is 26.1 Å². The summed E-state index contributed by atoms with van der Waals surface area (Å²) in [5.74, 6) is 0.658. The minimum atomic E-state index is 0.522. The molecule has 0 saturated heterocycles. The van der Waals surface area contributed by atoms with Crippen molar-refractivity contribution < 1.29 is 4.74 Å². The molecule has 0 bridgehead atoms. The molecule has 1 fully saturated rings. The van der Waals surface area contributed by atoms with Crippen molar-refractivity contribution in [3.05, 3.63) is 0 Å². The maximum Gasteiger partial charge on any atom is 0.0625 e. The molecule has 1 atom stereocenters. The number of hydrogen-bond acceptors (Lipinski definition) is 2. The van der Waals surface area contributed by atoms with Crippen LogP contribution in [0.2, 0.25) is 0 Å². The van der Waals surface area contributed by atoms with E-state index in [0.717, 1.165) is 13.2 Å². The predicted octanol–water partition coefficient (Wildman–Crippen LogP) is 3.36. The first-order valence-corrected chi connectivity index (χ1v) is 7.09. The van der Waals surface area contributed by atoms with Crippen molar-refractivity contribution in [2.45, 2.75) is 71.4 Å². The summed E-state index contributed by atoms with van der Waals surface area (Å²) >= 11 is 0. The molecule has 1 aliphatic carbocycles. The number of likely N-dealkylation sites (N-methyl/N-ethyl adjacent to an activating group) is 1. The van der Waals surface area contributed by atoms with Crippen molar-refractivity contribution in [3.8, 4) is 0 Å². The second kappa shape index (κ2) is 8.08. The molecular formula is C14H29NO. The Morgan fingerprint density at radius 2 is 1.75 bits per heavy atom. The summed E-state index contributed by atoms with van der Waals surface area (Å²) in [5, 5.41) is 3.51. The zero-order valence-corrected chi connectivity index (χ0v) is 11.3. The fourth-order valence-electron chi connectivity index (χ4n) is 2.40. The standard InChI is InChI=1S/C14H29NO/c1-4-15-14(12(2)3)11-16-13-9-7-5-6-8-10-13/h12-15H,4-11H2,1-3H3. The molecule has 0 amide bonds. The van der Waals surface area contributed by atoms with Gasteiger partial charge in [-0.2, -0.15) is 0 Å². The molecule has 1 rings (SSSR count). The first-order chi connectivity index (χ1) is 7.74. The molecule has 96 valence electrons. The van der Waals surface area contributed by atoms with Gasteiger partial charge in [-0.25, -0.2) is 0 Å². The Kier molecular flexibility index (Phi) is 7.06. The van der Waals surface area contributed by atoms with Crippen LogP contribution in [0.15, 0.2) is 0 Å². The van der Waals surface area contributed by atoms with E-state index in [1.54, 1.807) is 0 Å². The van der Waals surface area contributed by atoms with Gasteiger partial charge in [-0.15, -0.1) is 0 Å². The fourth-order valence-corrected chi connectivity index (χ4v) is 2.40. The average Bonchev–Trinajstić information content (AvgIpc) is 2.52. The van der Waals surface area contributed by atoms with E-state index in [1.165, 1.54) is 38.5 Å². The Hall–Kier alpha value is -0.0800. The number of hydrogen-bond donors (Lipinski definition) is 1. The van der Waals surface area contributed by atoms with Crippen LogP contribution in [0.3, 0.4) is 0 Å². The molecule has 0 aromatic heterocycles. The molecule has 2 heteroatoms. The highest BCUT2D eigenvalue weighted by Crippen LogP contribution is 2.20. The highest BCUT2D eigenvalue weighted by Gasteiger charge is 2.17. The van der Waals surface area contributed by atoms with Crippen molar-refractivity contribution in [2.24, 2.45) is 5.92 Å². The highest BCUT2D eigenvalue weighted by molar-refractivity contribution is 4.71. The second-order valence-corrected chi connectivity index (χ2v) is 5.36. The van der Waals surface area contributed by atoms with Crippen molar-refractivity contribution in [1.82, 2.24) is 5.32 Å². The fraction of sp³-hybridized carbons (Fsp3) is 1.00. The molecule has 0 radical (unpaired) electrons. The predicted molar refractivity (Wildman–Crippen MR) is 69.7 cm³/mol. The zero-order chi connectivity index (χ0) is 11.8. The topological polar surface area (TPSA) is 21.3 Å². The normalized spacial score (nSPS) is 21.0. The molecule has 1 aliphatic rings. The summed E-state index contributed by atoms with van der Waals surface area (Å²) in [5.41, 5.74) is 0. The van der Waals surface area contributed by atoms with Crippen LogP contribution in [0.25, 0.3) is 0 Å². The Morgan fingerprint density at radius 3 is 2.25 bits per heavy atom. The Bertz CT molecular complexity index is 162. The summed E-state index contributed by atoms with van der Waals surface area (Å²) in [6.45, 7) is 8.63. The highest BCUT2D eigenvalue weighted by atomic mass is 16.5. The summed E-state index contributed by atoms with van der Waals surface area (Å²) in [4.78, 5) is 0. The van der Waals surface area contributed by atoms with Gasteiger partial charge < -0.3 is 10.1 Å². The molecule has 0 aromatic rings. The lowest BCUT2D eigenvalue weighted by Crippen LogP contribution is -2.39. The molecule has 1 unspecified atom stereocenters. The first kappa shape index (κ1) is 14.0. The monoisotopic (exact) mass is 227 g/mol. The van der Waals surface area contributed by atoms with Gasteiger partial charge in [0.25, 0.3) is 0 Å². The van der Waals surface area contributed by atoms with E-state index in [0.29, 0.717) is 18.1 Å². The Labute approximate surface area is 101 Å². The third-order valence-corrected chi connectivity index (χ3v) is 3.58. The van der Waals surface area contributed by atoms with Crippen LogP contribution in [-0.2, 0) is 4.74 Å².